The van der Waals surface area contributed by atoms with E-state index in [0.717, 1.165) is 21.5 Å². The van der Waals surface area contributed by atoms with Gasteiger partial charge in [0.25, 0.3) is 11.8 Å². The van der Waals surface area contributed by atoms with Gasteiger partial charge in [0.05, 0.1) is 25.2 Å². The van der Waals surface area contributed by atoms with E-state index in [0.29, 0.717) is 23.7 Å². The number of carbonyl (C=O) groups excluding carboxylic acids is 2. The molecule has 2 aromatic carbocycles. The molecule has 2 bridgehead atoms. The van der Waals surface area contributed by atoms with E-state index in [-0.39, 0.29) is 35.5 Å². The van der Waals surface area contributed by atoms with Crippen molar-refractivity contribution in [3.8, 4) is 11.5 Å². The van der Waals surface area contributed by atoms with Crippen molar-refractivity contribution >= 4 is 34.0 Å². The highest BCUT2D eigenvalue weighted by Gasteiger charge is 2.59. The maximum Gasteiger partial charge on any atom is 0.254 e. The van der Waals surface area contributed by atoms with E-state index in [1.807, 2.05) is 30.3 Å². The van der Waals surface area contributed by atoms with E-state index < -0.39 is 0 Å². The van der Waals surface area contributed by atoms with Gasteiger partial charge in [0.2, 0.25) is 0 Å². The standard InChI is InChI=1S/C24H21BrN2O4/c1-30-20-10-15(4-9-19(20)31-13-14-2-7-18(25)8-3-14)12-26-27-23(28)21-16-5-6-17(11-16)22(21)24(27)29/h2-10,12,16-17,21-22H,11,13H2,1H3/b26-12-/t16-,17-,21-,22+/m0/s1. The topological polar surface area (TPSA) is 68.2 Å². The molecule has 7 heteroatoms. The third-order valence-electron chi connectivity index (χ3n) is 6.26. The first-order valence-electron chi connectivity index (χ1n) is 10.2. The van der Waals surface area contributed by atoms with Gasteiger partial charge in [0.15, 0.2) is 11.5 Å². The van der Waals surface area contributed by atoms with Crippen LogP contribution in [0.4, 0.5) is 0 Å². The first-order chi connectivity index (χ1) is 15.0. The molecule has 0 aromatic heterocycles. The lowest BCUT2D eigenvalue weighted by atomic mass is 9.85. The Morgan fingerprint density at radius 1 is 1.03 bits per heavy atom. The SMILES string of the molecule is COc1cc(/C=N\N2C(=O)[C@@H]3[C@H](C2=O)[C@H]2C=C[C@H]3C2)ccc1OCc1ccc(Br)cc1. The maximum absolute atomic E-state index is 12.7. The molecule has 2 amide bonds. The van der Waals surface area contributed by atoms with Crippen LogP contribution in [-0.4, -0.2) is 30.1 Å². The van der Waals surface area contributed by atoms with Gasteiger partial charge in [0, 0.05) is 4.47 Å². The lowest BCUT2D eigenvalue weighted by molar-refractivity contribution is -0.140. The number of amides is 2. The number of hydrogen-bond donors (Lipinski definition) is 0. The normalized spacial score (nSPS) is 26.2. The average Bonchev–Trinajstić information content (AvgIpc) is 3.46. The van der Waals surface area contributed by atoms with E-state index in [2.05, 4.69) is 33.2 Å². The average molecular weight is 481 g/mol. The third-order valence-corrected chi connectivity index (χ3v) is 6.79. The third kappa shape index (κ3) is 3.57. The fraction of sp³-hybridized carbons (Fsp3) is 0.292. The summed E-state index contributed by atoms with van der Waals surface area (Å²) in [6, 6.07) is 13.3. The molecular weight excluding hydrogens is 460 g/mol. The van der Waals surface area contributed by atoms with Gasteiger partial charge in [-0.25, -0.2) is 0 Å². The molecule has 6 nitrogen and oxygen atoms in total. The van der Waals surface area contributed by atoms with Crippen LogP contribution in [0.3, 0.4) is 0 Å². The zero-order valence-corrected chi connectivity index (χ0v) is 18.5. The number of allylic oxidation sites excluding steroid dienone is 2. The number of carbonyl (C=O) groups is 2. The largest absolute Gasteiger partial charge is 0.493 e. The van der Waals surface area contributed by atoms with Crippen molar-refractivity contribution in [1.29, 1.82) is 0 Å². The van der Waals surface area contributed by atoms with Crippen LogP contribution < -0.4 is 9.47 Å². The fourth-order valence-corrected chi connectivity index (χ4v) is 5.01. The minimum Gasteiger partial charge on any atom is -0.493 e. The monoisotopic (exact) mass is 480 g/mol. The zero-order chi connectivity index (χ0) is 21.5. The Hall–Kier alpha value is -2.93. The van der Waals surface area contributed by atoms with Crippen LogP contribution in [0.25, 0.3) is 0 Å². The molecule has 1 saturated carbocycles. The van der Waals surface area contributed by atoms with Crippen LogP contribution >= 0.6 is 15.9 Å². The minimum atomic E-state index is -0.247. The van der Waals surface area contributed by atoms with Gasteiger partial charge in [-0.3, -0.25) is 9.59 Å². The molecule has 2 fully saturated rings. The lowest BCUT2D eigenvalue weighted by Gasteiger charge is -2.13. The summed E-state index contributed by atoms with van der Waals surface area (Å²) in [4.78, 5) is 25.5. The molecule has 0 radical (unpaired) electrons. The molecule has 1 aliphatic heterocycles. The zero-order valence-electron chi connectivity index (χ0n) is 16.9. The summed E-state index contributed by atoms with van der Waals surface area (Å²) in [5.74, 6) is 0.635. The van der Waals surface area contributed by atoms with Crippen molar-refractivity contribution in [2.24, 2.45) is 28.8 Å². The molecule has 3 aliphatic rings. The highest BCUT2D eigenvalue weighted by Crippen LogP contribution is 2.52. The van der Waals surface area contributed by atoms with Crippen LogP contribution in [0.1, 0.15) is 17.5 Å². The predicted molar refractivity (Wildman–Crippen MR) is 119 cm³/mol. The summed E-state index contributed by atoms with van der Waals surface area (Å²) >= 11 is 3.42. The van der Waals surface area contributed by atoms with Gasteiger partial charge in [-0.1, -0.05) is 40.2 Å². The maximum atomic E-state index is 12.7. The molecular formula is C24H21BrN2O4. The number of rotatable bonds is 6. The number of fused-ring (bicyclic) bond motifs is 5. The second-order valence-corrected chi connectivity index (χ2v) is 8.97. The summed E-state index contributed by atoms with van der Waals surface area (Å²) in [6.07, 6.45) is 6.57. The Kier molecular flexibility index (Phi) is 5.14. The van der Waals surface area contributed by atoms with Crippen LogP contribution in [0.2, 0.25) is 0 Å². The summed E-state index contributed by atoms with van der Waals surface area (Å²) in [6.45, 7) is 0.410. The highest BCUT2D eigenvalue weighted by molar-refractivity contribution is 9.10. The van der Waals surface area contributed by atoms with E-state index >= 15 is 0 Å². The minimum absolute atomic E-state index is 0.175. The lowest BCUT2D eigenvalue weighted by Crippen LogP contribution is -2.28. The number of halogens is 1. The molecule has 5 rings (SSSR count). The molecule has 0 N–H and O–H groups in total. The second-order valence-electron chi connectivity index (χ2n) is 8.06. The Labute approximate surface area is 188 Å². The van der Waals surface area contributed by atoms with Crippen LogP contribution in [0.5, 0.6) is 11.5 Å². The number of ether oxygens (including phenoxy) is 2. The molecule has 1 saturated heterocycles. The van der Waals surface area contributed by atoms with Crippen molar-refractivity contribution in [1.82, 2.24) is 5.01 Å². The van der Waals surface area contributed by atoms with Gasteiger partial charge in [-0.2, -0.15) is 10.1 Å². The Morgan fingerprint density at radius 3 is 2.35 bits per heavy atom. The summed E-state index contributed by atoms with van der Waals surface area (Å²) in [7, 11) is 1.57. The van der Waals surface area contributed by atoms with Crippen LogP contribution in [0.15, 0.2) is 64.2 Å². The fourth-order valence-electron chi connectivity index (χ4n) is 4.75. The molecule has 2 aromatic rings. The van der Waals surface area contributed by atoms with Crippen molar-refractivity contribution in [3.63, 3.8) is 0 Å². The first kappa shape index (κ1) is 20.0. The second kappa shape index (κ2) is 7.96. The van der Waals surface area contributed by atoms with E-state index in [1.165, 1.54) is 6.21 Å². The number of hydrazone groups is 1. The number of benzene rings is 2. The van der Waals surface area contributed by atoms with Gasteiger partial charge in [0.1, 0.15) is 6.61 Å². The molecule has 0 unspecified atom stereocenters. The Morgan fingerprint density at radius 2 is 1.71 bits per heavy atom. The van der Waals surface area contributed by atoms with Crippen molar-refractivity contribution in [2.45, 2.75) is 13.0 Å². The quantitative estimate of drug-likeness (QED) is 0.353. The number of hydrogen-bond acceptors (Lipinski definition) is 5. The van der Waals surface area contributed by atoms with Crippen LogP contribution in [0, 0.1) is 23.7 Å². The molecule has 158 valence electrons. The summed E-state index contributed by atoms with van der Waals surface area (Å²) in [5.41, 5.74) is 1.75. The first-order valence-corrected chi connectivity index (χ1v) is 11.0. The summed E-state index contributed by atoms with van der Waals surface area (Å²) in [5, 5.41) is 5.27. The van der Waals surface area contributed by atoms with Gasteiger partial charge in [-0.05, 0) is 59.7 Å². The molecule has 31 heavy (non-hydrogen) atoms. The number of nitrogens with zero attached hydrogens (tertiary/aromatic N) is 2. The molecule has 4 atom stereocenters. The van der Waals surface area contributed by atoms with Crippen LogP contribution in [-0.2, 0) is 16.2 Å². The van der Waals surface area contributed by atoms with Crippen molar-refractivity contribution in [3.05, 3.63) is 70.2 Å². The van der Waals surface area contributed by atoms with Crippen molar-refractivity contribution in [2.75, 3.05) is 7.11 Å². The summed E-state index contributed by atoms with van der Waals surface area (Å²) < 4.78 is 12.4. The molecule has 1 heterocycles. The van der Waals surface area contributed by atoms with E-state index in [9.17, 15) is 9.59 Å². The van der Waals surface area contributed by atoms with Gasteiger partial charge < -0.3 is 9.47 Å². The van der Waals surface area contributed by atoms with Crippen molar-refractivity contribution < 1.29 is 19.1 Å². The smallest absolute Gasteiger partial charge is 0.254 e. The van der Waals surface area contributed by atoms with E-state index in [1.54, 1.807) is 19.2 Å². The van der Waals surface area contributed by atoms with Gasteiger partial charge in [-0.15, -0.1) is 0 Å². The molecule has 2 aliphatic carbocycles. The number of methoxy groups -OCH3 is 1. The molecule has 0 spiro atoms. The predicted octanol–water partition coefficient (Wildman–Crippen LogP) is 4.18. The Bertz CT molecular complexity index is 1070. The van der Waals surface area contributed by atoms with Gasteiger partial charge >= 0.3 is 0 Å². The van der Waals surface area contributed by atoms with E-state index in [4.69, 9.17) is 9.47 Å². The number of imide groups is 1. The Balaban J connectivity index is 1.29. The highest BCUT2D eigenvalue weighted by atomic mass is 79.9.